The van der Waals surface area contributed by atoms with Crippen molar-refractivity contribution in [2.24, 2.45) is 0 Å². The van der Waals surface area contributed by atoms with Gasteiger partial charge in [0, 0.05) is 31.1 Å². The van der Waals surface area contributed by atoms with E-state index in [0.717, 1.165) is 64.6 Å². The minimum Gasteiger partial charge on any atom is -0.493 e. The minimum absolute atomic E-state index is 0.0636. The molecule has 3 aromatic carbocycles. The van der Waals surface area contributed by atoms with Crippen LogP contribution in [-0.4, -0.2) is 35.7 Å². The fourth-order valence-corrected chi connectivity index (χ4v) is 5.26. The molecule has 0 radical (unpaired) electrons. The smallest absolute Gasteiger partial charge is 0.227 e. The molecule has 36 heavy (non-hydrogen) atoms. The van der Waals surface area contributed by atoms with Crippen LogP contribution in [0.2, 0.25) is 0 Å². The molecule has 1 aliphatic rings. The second-order valence-corrected chi connectivity index (χ2v) is 9.46. The van der Waals surface area contributed by atoms with Crippen LogP contribution in [0.4, 0.5) is 5.69 Å². The van der Waals surface area contributed by atoms with Crippen molar-refractivity contribution in [1.82, 2.24) is 9.55 Å². The van der Waals surface area contributed by atoms with Crippen LogP contribution in [0.5, 0.6) is 11.5 Å². The standard InChI is InChI=1S/C30H33N3O3/c1-21-11-10-12-22(2)29(21)33-20-23(19-28(33)34)30-31-24-13-4-5-14-25(24)32(30)17-8-9-18-36-27-16-7-6-15-26(27)35-3/h4-7,10-16,23H,8-9,17-20H2,1-3H3. The van der Waals surface area contributed by atoms with Crippen LogP contribution in [0.1, 0.15) is 42.1 Å². The van der Waals surface area contributed by atoms with Crippen molar-refractivity contribution >= 4 is 22.6 Å². The van der Waals surface area contributed by atoms with E-state index in [0.29, 0.717) is 19.6 Å². The molecule has 1 atom stereocenters. The fraction of sp³-hybridized carbons (Fsp3) is 0.333. The third-order valence-electron chi connectivity index (χ3n) is 6.99. The number of imidazole rings is 1. The molecule has 0 saturated carbocycles. The van der Waals surface area contributed by atoms with Gasteiger partial charge < -0.3 is 18.9 Å². The summed E-state index contributed by atoms with van der Waals surface area (Å²) in [5, 5.41) is 0. The minimum atomic E-state index is 0.0636. The number of amides is 1. The van der Waals surface area contributed by atoms with Gasteiger partial charge in [0.1, 0.15) is 5.82 Å². The average Bonchev–Trinajstić information content (AvgIpc) is 3.44. The summed E-state index contributed by atoms with van der Waals surface area (Å²) in [4.78, 5) is 20.1. The summed E-state index contributed by atoms with van der Waals surface area (Å²) < 4.78 is 13.7. The number of methoxy groups -OCH3 is 1. The van der Waals surface area contributed by atoms with Gasteiger partial charge in [-0.1, -0.05) is 42.5 Å². The van der Waals surface area contributed by atoms with Gasteiger partial charge in [0.25, 0.3) is 0 Å². The first kappa shape index (κ1) is 23.9. The number of aromatic nitrogens is 2. The van der Waals surface area contributed by atoms with Crippen LogP contribution >= 0.6 is 0 Å². The summed E-state index contributed by atoms with van der Waals surface area (Å²) in [6.07, 6.45) is 2.33. The Morgan fingerprint density at radius 2 is 1.64 bits per heavy atom. The Balaban J connectivity index is 1.31. The van der Waals surface area contributed by atoms with Gasteiger partial charge >= 0.3 is 0 Å². The first-order valence-electron chi connectivity index (χ1n) is 12.6. The largest absolute Gasteiger partial charge is 0.493 e. The Morgan fingerprint density at radius 3 is 2.42 bits per heavy atom. The number of fused-ring (bicyclic) bond motifs is 1. The van der Waals surface area contributed by atoms with Crippen molar-refractivity contribution in [3.05, 3.63) is 83.7 Å². The van der Waals surface area contributed by atoms with Gasteiger partial charge in [0.2, 0.25) is 5.91 Å². The average molecular weight is 484 g/mol. The van der Waals surface area contributed by atoms with Crippen molar-refractivity contribution in [3.63, 3.8) is 0 Å². The Hall–Kier alpha value is -3.80. The van der Waals surface area contributed by atoms with E-state index in [-0.39, 0.29) is 11.8 Å². The molecule has 0 bridgehead atoms. The zero-order valence-corrected chi connectivity index (χ0v) is 21.2. The number of carbonyl (C=O) groups is 1. The van der Waals surface area contributed by atoms with Gasteiger partial charge in [0.15, 0.2) is 11.5 Å². The lowest BCUT2D eigenvalue weighted by atomic mass is 10.1. The second kappa shape index (κ2) is 10.4. The van der Waals surface area contributed by atoms with Gasteiger partial charge in [-0.2, -0.15) is 0 Å². The Bertz CT molecular complexity index is 1360. The lowest BCUT2D eigenvalue weighted by Gasteiger charge is -2.21. The lowest BCUT2D eigenvalue weighted by Crippen LogP contribution is -2.26. The molecule has 5 rings (SSSR count). The molecule has 0 spiro atoms. The number of anilines is 1. The zero-order chi connectivity index (χ0) is 25.1. The highest BCUT2D eigenvalue weighted by Gasteiger charge is 2.35. The number of rotatable bonds is 9. The second-order valence-electron chi connectivity index (χ2n) is 9.46. The van der Waals surface area contributed by atoms with E-state index in [1.54, 1.807) is 7.11 Å². The van der Waals surface area contributed by atoms with Crippen LogP contribution in [0.15, 0.2) is 66.7 Å². The summed E-state index contributed by atoms with van der Waals surface area (Å²) in [5.41, 5.74) is 5.41. The summed E-state index contributed by atoms with van der Waals surface area (Å²) in [7, 11) is 1.66. The van der Waals surface area contributed by atoms with E-state index < -0.39 is 0 Å². The van der Waals surface area contributed by atoms with Crippen molar-refractivity contribution in [1.29, 1.82) is 0 Å². The number of aryl methyl sites for hydroxylation is 3. The molecular weight excluding hydrogens is 450 g/mol. The molecule has 0 aliphatic carbocycles. The molecule has 1 unspecified atom stereocenters. The molecule has 1 aliphatic heterocycles. The number of benzene rings is 3. The van der Waals surface area contributed by atoms with E-state index >= 15 is 0 Å². The predicted octanol–water partition coefficient (Wildman–Crippen LogP) is 6.04. The third kappa shape index (κ3) is 4.68. The van der Waals surface area contributed by atoms with E-state index in [9.17, 15) is 4.79 Å². The maximum Gasteiger partial charge on any atom is 0.227 e. The fourth-order valence-electron chi connectivity index (χ4n) is 5.26. The monoisotopic (exact) mass is 483 g/mol. The van der Waals surface area contributed by atoms with Gasteiger partial charge in [-0.05, 0) is 62.1 Å². The first-order valence-corrected chi connectivity index (χ1v) is 12.6. The number of nitrogens with zero attached hydrogens (tertiary/aromatic N) is 3. The van der Waals surface area contributed by atoms with Crippen LogP contribution in [0, 0.1) is 13.8 Å². The Morgan fingerprint density at radius 1 is 0.917 bits per heavy atom. The van der Waals surface area contributed by atoms with Crippen molar-refractivity contribution in [2.75, 3.05) is 25.2 Å². The molecular formula is C30H33N3O3. The van der Waals surface area contributed by atoms with Crippen LogP contribution in [-0.2, 0) is 11.3 Å². The highest BCUT2D eigenvalue weighted by molar-refractivity contribution is 5.98. The van der Waals surface area contributed by atoms with Crippen molar-refractivity contribution < 1.29 is 14.3 Å². The number of unbranched alkanes of at least 4 members (excludes halogenated alkanes) is 1. The van der Waals surface area contributed by atoms with Crippen LogP contribution in [0.25, 0.3) is 11.0 Å². The van der Waals surface area contributed by atoms with Crippen molar-refractivity contribution in [2.45, 2.75) is 45.6 Å². The number of hydrogen-bond acceptors (Lipinski definition) is 4. The van der Waals surface area contributed by atoms with Gasteiger partial charge in [-0.25, -0.2) is 4.98 Å². The zero-order valence-electron chi connectivity index (χ0n) is 21.2. The summed E-state index contributed by atoms with van der Waals surface area (Å²) in [6.45, 7) is 6.26. The predicted molar refractivity (Wildman–Crippen MR) is 143 cm³/mol. The first-order chi connectivity index (χ1) is 17.6. The topological polar surface area (TPSA) is 56.6 Å². The molecule has 6 nitrogen and oxygen atoms in total. The third-order valence-corrected chi connectivity index (χ3v) is 6.99. The normalized spacial score (nSPS) is 15.6. The Kier molecular flexibility index (Phi) is 6.94. The molecule has 4 aromatic rings. The van der Waals surface area contributed by atoms with Gasteiger partial charge in [-0.3, -0.25) is 4.79 Å². The van der Waals surface area contributed by atoms with E-state index in [1.807, 2.05) is 41.3 Å². The number of hydrogen-bond donors (Lipinski definition) is 0. The Labute approximate surface area is 212 Å². The van der Waals surface area contributed by atoms with Gasteiger partial charge in [-0.15, -0.1) is 0 Å². The van der Waals surface area contributed by atoms with E-state index in [4.69, 9.17) is 14.5 Å². The molecule has 1 amide bonds. The van der Waals surface area contributed by atoms with E-state index in [2.05, 4.69) is 48.7 Å². The maximum atomic E-state index is 13.1. The quantitative estimate of drug-likeness (QED) is 0.272. The molecule has 1 aromatic heterocycles. The van der Waals surface area contributed by atoms with E-state index in [1.165, 1.54) is 0 Å². The summed E-state index contributed by atoms with van der Waals surface area (Å²) in [5.74, 6) is 2.75. The highest BCUT2D eigenvalue weighted by atomic mass is 16.5. The van der Waals surface area contributed by atoms with Gasteiger partial charge in [0.05, 0.1) is 24.8 Å². The molecule has 1 saturated heterocycles. The lowest BCUT2D eigenvalue weighted by molar-refractivity contribution is -0.117. The number of ether oxygens (including phenoxy) is 2. The molecule has 2 heterocycles. The summed E-state index contributed by atoms with van der Waals surface area (Å²) in [6, 6.07) is 22.2. The molecule has 1 fully saturated rings. The highest BCUT2D eigenvalue weighted by Crippen LogP contribution is 2.36. The molecule has 186 valence electrons. The van der Waals surface area contributed by atoms with Crippen molar-refractivity contribution in [3.8, 4) is 11.5 Å². The van der Waals surface area contributed by atoms with Crippen LogP contribution < -0.4 is 14.4 Å². The number of carbonyl (C=O) groups excluding carboxylic acids is 1. The number of para-hydroxylation sites is 5. The molecule has 0 N–H and O–H groups in total. The SMILES string of the molecule is COc1ccccc1OCCCCn1c(C2CC(=O)N(c3c(C)cccc3C)C2)nc2ccccc21. The maximum absolute atomic E-state index is 13.1. The van der Waals surface area contributed by atoms with Crippen LogP contribution in [0.3, 0.4) is 0 Å². The summed E-state index contributed by atoms with van der Waals surface area (Å²) >= 11 is 0. The molecule has 6 heteroatoms.